The minimum Gasteiger partial charge on any atom is -0.383 e. The molecule has 3 aromatic heterocycles. The summed E-state index contributed by atoms with van der Waals surface area (Å²) in [6.45, 7) is 0. The smallest absolute Gasteiger partial charge is 0.253 e. The largest absolute Gasteiger partial charge is 0.383 e. The summed E-state index contributed by atoms with van der Waals surface area (Å²) in [5.41, 5.74) is 5.29. The second-order valence-corrected chi connectivity index (χ2v) is 5.69. The first-order valence-electron chi connectivity index (χ1n) is 5.63. The van der Waals surface area contributed by atoms with E-state index in [-0.39, 0.29) is 11.4 Å². The van der Waals surface area contributed by atoms with Crippen molar-refractivity contribution in [1.29, 1.82) is 0 Å². The van der Waals surface area contributed by atoms with Crippen LogP contribution in [0.4, 0.5) is 11.8 Å². The number of nitrogens with zero attached hydrogens (tertiary/aromatic N) is 3. The predicted octanol–water partition coefficient (Wildman–Crippen LogP) is 1.55. The standard InChI is InChI=1S/C11H10N6OS2/c1-13-10-16-8-5(2-3-19-8)9(17-10)20-11-14-6(12)4-7(18)15-11/h2-4H,1H3,(H,13,16,17)(H3,12,14,15,18). The molecule has 3 aromatic rings. The van der Waals surface area contributed by atoms with E-state index in [0.29, 0.717) is 16.1 Å². The molecule has 0 aliphatic carbocycles. The number of nitrogen functional groups attached to an aromatic ring is 1. The van der Waals surface area contributed by atoms with E-state index < -0.39 is 0 Å². The van der Waals surface area contributed by atoms with Gasteiger partial charge in [0.25, 0.3) is 5.56 Å². The SMILES string of the molecule is CNc1nc(Sc2nc(N)cc(=O)[nH]2)c2ccsc2n1. The Morgan fingerprint density at radius 2 is 2.25 bits per heavy atom. The molecular weight excluding hydrogens is 296 g/mol. The van der Waals surface area contributed by atoms with Crippen molar-refractivity contribution >= 4 is 45.1 Å². The minimum absolute atomic E-state index is 0.181. The molecule has 0 saturated heterocycles. The molecule has 0 saturated carbocycles. The van der Waals surface area contributed by atoms with Gasteiger partial charge < -0.3 is 16.0 Å². The van der Waals surface area contributed by atoms with Crippen LogP contribution >= 0.6 is 23.1 Å². The lowest BCUT2D eigenvalue weighted by Gasteiger charge is -2.05. The van der Waals surface area contributed by atoms with Gasteiger partial charge in [0, 0.05) is 18.5 Å². The van der Waals surface area contributed by atoms with Crippen LogP contribution in [0.15, 0.2) is 32.5 Å². The number of aromatic amines is 1. The molecule has 0 fully saturated rings. The number of aromatic nitrogens is 4. The fourth-order valence-corrected chi connectivity index (χ4v) is 3.33. The third-order valence-electron chi connectivity index (χ3n) is 2.45. The molecule has 0 spiro atoms. The summed E-state index contributed by atoms with van der Waals surface area (Å²) in [5, 5.41) is 6.90. The molecule has 0 radical (unpaired) electrons. The summed E-state index contributed by atoms with van der Waals surface area (Å²) in [6.07, 6.45) is 0. The molecule has 0 amide bonds. The van der Waals surface area contributed by atoms with Crippen LogP contribution in [0.1, 0.15) is 0 Å². The molecule has 7 nitrogen and oxygen atoms in total. The van der Waals surface area contributed by atoms with Crippen molar-refractivity contribution in [1.82, 2.24) is 19.9 Å². The van der Waals surface area contributed by atoms with Gasteiger partial charge in [0.15, 0.2) is 5.16 Å². The Bertz CT molecular complexity index is 827. The maximum absolute atomic E-state index is 11.4. The molecule has 0 aliphatic heterocycles. The average Bonchev–Trinajstić information content (AvgIpc) is 2.85. The number of fused-ring (bicyclic) bond motifs is 1. The number of H-pyrrole nitrogens is 1. The fraction of sp³-hybridized carbons (Fsp3) is 0.0909. The Labute approximate surface area is 121 Å². The van der Waals surface area contributed by atoms with Crippen molar-refractivity contribution in [2.24, 2.45) is 0 Å². The lowest BCUT2D eigenvalue weighted by atomic mass is 10.4. The van der Waals surface area contributed by atoms with Crippen molar-refractivity contribution in [2.75, 3.05) is 18.1 Å². The lowest BCUT2D eigenvalue weighted by Crippen LogP contribution is -2.09. The summed E-state index contributed by atoms with van der Waals surface area (Å²) < 4.78 is 0. The first-order chi connectivity index (χ1) is 9.65. The van der Waals surface area contributed by atoms with Gasteiger partial charge in [-0.25, -0.2) is 15.0 Å². The van der Waals surface area contributed by atoms with Crippen LogP contribution < -0.4 is 16.6 Å². The van der Waals surface area contributed by atoms with Crippen molar-refractivity contribution in [3.8, 4) is 0 Å². The monoisotopic (exact) mass is 306 g/mol. The molecule has 0 unspecified atom stereocenters. The second-order valence-electron chi connectivity index (χ2n) is 3.82. The fourth-order valence-electron chi connectivity index (χ4n) is 1.61. The van der Waals surface area contributed by atoms with Crippen molar-refractivity contribution in [3.05, 3.63) is 27.9 Å². The van der Waals surface area contributed by atoms with Crippen molar-refractivity contribution in [2.45, 2.75) is 10.2 Å². The highest BCUT2D eigenvalue weighted by atomic mass is 32.2. The van der Waals surface area contributed by atoms with Crippen molar-refractivity contribution in [3.63, 3.8) is 0 Å². The molecular formula is C11H10N6OS2. The maximum atomic E-state index is 11.4. The highest BCUT2D eigenvalue weighted by Crippen LogP contribution is 2.32. The molecule has 9 heteroatoms. The van der Waals surface area contributed by atoms with Gasteiger partial charge in [-0.3, -0.25) is 4.79 Å². The number of nitrogens with two attached hydrogens (primary N) is 1. The lowest BCUT2D eigenvalue weighted by molar-refractivity contribution is 0.941. The molecule has 0 atom stereocenters. The Balaban J connectivity index is 2.09. The predicted molar refractivity (Wildman–Crippen MR) is 80.4 cm³/mol. The third-order valence-corrected chi connectivity index (χ3v) is 4.14. The number of thiophene rings is 1. The van der Waals surface area contributed by atoms with Gasteiger partial charge in [-0.05, 0) is 23.2 Å². The van der Waals surface area contributed by atoms with Crippen LogP contribution in [0.25, 0.3) is 10.2 Å². The summed E-state index contributed by atoms with van der Waals surface area (Å²) in [4.78, 5) is 27.7. The van der Waals surface area contributed by atoms with Gasteiger partial charge in [0.05, 0.1) is 0 Å². The van der Waals surface area contributed by atoms with Gasteiger partial charge in [-0.1, -0.05) is 0 Å². The molecule has 0 bridgehead atoms. The van der Waals surface area contributed by atoms with E-state index in [1.54, 1.807) is 7.05 Å². The average molecular weight is 306 g/mol. The summed E-state index contributed by atoms with van der Waals surface area (Å²) in [7, 11) is 1.75. The molecule has 0 aliphatic rings. The highest BCUT2D eigenvalue weighted by Gasteiger charge is 2.11. The van der Waals surface area contributed by atoms with Gasteiger partial charge in [0.2, 0.25) is 5.95 Å². The van der Waals surface area contributed by atoms with E-state index in [9.17, 15) is 4.79 Å². The Hall–Kier alpha value is -2.13. The van der Waals surface area contributed by atoms with Crippen LogP contribution in [0.5, 0.6) is 0 Å². The topological polar surface area (TPSA) is 110 Å². The minimum atomic E-state index is -0.288. The maximum Gasteiger partial charge on any atom is 0.253 e. The molecule has 0 aromatic carbocycles. The molecule has 4 N–H and O–H groups in total. The zero-order valence-corrected chi connectivity index (χ0v) is 12.0. The van der Waals surface area contributed by atoms with E-state index in [0.717, 1.165) is 10.2 Å². The molecule has 3 rings (SSSR count). The highest BCUT2D eigenvalue weighted by molar-refractivity contribution is 7.99. The first-order valence-corrected chi connectivity index (χ1v) is 7.33. The number of rotatable bonds is 3. The van der Waals surface area contributed by atoms with Crippen LogP contribution in [0.3, 0.4) is 0 Å². The summed E-state index contributed by atoms with van der Waals surface area (Å²) in [5.74, 6) is 0.703. The van der Waals surface area contributed by atoms with Crippen LogP contribution in [0.2, 0.25) is 0 Å². The zero-order chi connectivity index (χ0) is 14.1. The Morgan fingerprint density at radius 3 is 3.00 bits per heavy atom. The van der Waals surface area contributed by atoms with E-state index in [1.165, 1.54) is 29.2 Å². The van der Waals surface area contributed by atoms with Gasteiger partial charge >= 0.3 is 0 Å². The number of hydrogen-bond donors (Lipinski definition) is 3. The van der Waals surface area contributed by atoms with Crippen LogP contribution in [0, 0.1) is 0 Å². The third kappa shape index (κ3) is 2.45. The van der Waals surface area contributed by atoms with E-state index in [2.05, 4.69) is 25.3 Å². The van der Waals surface area contributed by atoms with Gasteiger partial charge in [0.1, 0.15) is 15.7 Å². The van der Waals surface area contributed by atoms with Gasteiger partial charge in [-0.15, -0.1) is 11.3 Å². The number of anilines is 2. The zero-order valence-electron chi connectivity index (χ0n) is 10.4. The van der Waals surface area contributed by atoms with E-state index in [1.807, 2.05) is 11.4 Å². The molecule has 20 heavy (non-hydrogen) atoms. The number of nitrogens with one attached hydrogen (secondary N) is 2. The van der Waals surface area contributed by atoms with Crippen molar-refractivity contribution < 1.29 is 0 Å². The summed E-state index contributed by atoms with van der Waals surface area (Å²) >= 11 is 2.77. The summed E-state index contributed by atoms with van der Waals surface area (Å²) in [6, 6.07) is 3.18. The normalized spacial score (nSPS) is 10.8. The number of hydrogen-bond acceptors (Lipinski definition) is 8. The van der Waals surface area contributed by atoms with Gasteiger partial charge in [-0.2, -0.15) is 0 Å². The second kappa shape index (κ2) is 5.10. The molecule has 102 valence electrons. The van der Waals surface area contributed by atoms with Crippen LogP contribution in [-0.2, 0) is 0 Å². The van der Waals surface area contributed by atoms with E-state index in [4.69, 9.17) is 5.73 Å². The Morgan fingerprint density at radius 1 is 1.40 bits per heavy atom. The molecule has 3 heterocycles. The quantitative estimate of drug-likeness (QED) is 0.497. The first kappa shape index (κ1) is 12.9. The van der Waals surface area contributed by atoms with E-state index >= 15 is 0 Å². The van der Waals surface area contributed by atoms with Crippen LogP contribution in [-0.4, -0.2) is 27.0 Å². The Kier molecular flexibility index (Phi) is 3.28.